The molecule has 1 nitrogen and oxygen atoms in total. The molecule has 0 aliphatic rings. The Labute approximate surface area is 143 Å². The highest BCUT2D eigenvalue weighted by molar-refractivity contribution is 6.04. The smallest absolute Gasteiger partial charge is 0.100 e. The van der Waals surface area contributed by atoms with Gasteiger partial charge in [0.2, 0.25) is 0 Å². The molecule has 0 N–H and O–H groups in total. The van der Waals surface area contributed by atoms with E-state index in [1.54, 1.807) is 0 Å². The number of benzene rings is 3. The molecule has 0 aliphatic heterocycles. The lowest BCUT2D eigenvalue weighted by Crippen LogP contribution is -1.97. The Hall–Kier alpha value is -3.11. The number of allylic oxidation sites excluding steroid dienone is 1. The van der Waals surface area contributed by atoms with E-state index in [1.807, 2.05) is 48.5 Å². The second-order valence-electron chi connectivity index (χ2n) is 5.91. The van der Waals surface area contributed by atoms with E-state index in [1.165, 1.54) is 11.1 Å². The Morgan fingerprint density at radius 2 is 1.33 bits per heavy atom. The Morgan fingerprint density at radius 1 is 0.750 bits per heavy atom. The summed E-state index contributed by atoms with van der Waals surface area (Å²) < 4.78 is 0. The average molecular weight is 309 g/mol. The van der Waals surface area contributed by atoms with Crippen molar-refractivity contribution in [2.45, 2.75) is 13.8 Å². The van der Waals surface area contributed by atoms with Gasteiger partial charge in [-0.05, 0) is 36.1 Å². The molecule has 0 saturated heterocycles. The third-order valence-corrected chi connectivity index (χ3v) is 4.14. The molecular formula is C23H19N. The minimum Gasteiger partial charge on any atom is -0.192 e. The Balaban J connectivity index is 2.34. The maximum absolute atomic E-state index is 9.91. The average Bonchev–Trinajstić information content (AvgIpc) is 2.62. The molecule has 24 heavy (non-hydrogen) atoms. The van der Waals surface area contributed by atoms with Crippen molar-refractivity contribution in [2.75, 3.05) is 0 Å². The molecule has 116 valence electrons. The van der Waals surface area contributed by atoms with Crippen LogP contribution < -0.4 is 0 Å². The summed E-state index contributed by atoms with van der Waals surface area (Å²) in [6.07, 6.45) is 0. The highest BCUT2D eigenvalue weighted by atomic mass is 14.3. The number of hydrogen-bond donors (Lipinski definition) is 0. The van der Waals surface area contributed by atoms with Crippen LogP contribution >= 0.6 is 0 Å². The summed E-state index contributed by atoms with van der Waals surface area (Å²) in [5.41, 5.74) is 7.20. The van der Waals surface area contributed by atoms with Crippen molar-refractivity contribution < 1.29 is 0 Å². The molecule has 0 radical (unpaired) electrons. The lowest BCUT2D eigenvalue weighted by Gasteiger charge is -2.15. The number of nitriles is 1. The van der Waals surface area contributed by atoms with E-state index < -0.39 is 0 Å². The first kappa shape index (κ1) is 15.8. The van der Waals surface area contributed by atoms with Gasteiger partial charge in [0.15, 0.2) is 0 Å². The van der Waals surface area contributed by atoms with Gasteiger partial charge >= 0.3 is 0 Å². The van der Waals surface area contributed by atoms with Gasteiger partial charge in [-0.3, -0.25) is 0 Å². The van der Waals surface area contributed by atoms with Gasteiger partial charge in [-0.15, -0.1) is 0 Å². The van der Waals surface area contributed by atoms with Gasteiger partial charge in [0, 0.05) is 5.57 Å². The highest BCUT2D eigenvalue weighted by Crippen LogP contribution is 2.33. The Morgan fingerprint density at radius 3 is 1.88 bits per heavy atom. The zero-order valence-electron chi connectivity index (χ0n) is 14.0. The first-order valence-corrected chi connectivity index (χ1v) is 8.03. The van der Waals surface area contributed by atoms with Gasteiger partial charge in [0.1, 0.15) is 6.07 Å². The molecule has 0 bridgehead atoms. The van der Waals surface area contributed by atoms with E-state index in [-0.39, 0.29) is 0 Å². The predicted molar refractivity (Wildman–Crippen MR) is 100 cm³/mol. The topological polar surface area (TPSA) is 23.8 Å². The molecule has 3 rings (SSSR count). The minimum atomic E-state index is 0.703. The van der Waals surface area contributed by atoms with E-state index >= 15 is 0 Å². The predicted octanol–water partition coefficient (Wildman–Crippen LogP) is 5.79. The summed E-state index contributed by atoms with van der Waals surface area (Å²) in [5.74, 6) is 0. The van der Waals surface area contributed by atoms with E-state index in [0.717, 1.165) is 22.3 Å². The van der Waals surface area contributed by atoms with Crippen LogP contribution in [-0.4, -0.2) is 0 Å². The molecule has 0 unspecified atom stereocenters. The van der Waals surface area contributed by atoms with Gasteiger partial charge in [-0.1, -0.05) is 84.4 Å². The Bertz CT molecular complexity index is 913. The molecule has 0 saturated carbocycles. The fourth-order valence-corrected chi connectivity index (χ4v) is 3.00. The van der Waals surface area contributed by atoms with Crippen molar-refractivity contribution >= 4 is 11.1 Å². The highest BCUT2D eigenvalue weighted by Gasteiger charge is 2.15. The van der Waals surface area contributed by atoms with E-state index in [2.05, 4.69) is 50.2 Å². The normalized spacial score (nSPS) is 11.5. The summed E-state index contributed by atoms with van der Waals surface area (Å²) in [4.78, 5) is 0. The molecule has 0 heterocycles. The minimum absolute atomic E-state index is 0.703. The van der Waals surface area contributed by atoms with Crippen LogP contribution in [0.4, 0.5) is 0 Å². The third kappa shape index (κ3) is 3.14. The second kappa shape index (κ2) is 6.98. The van der Waals surface area contributed by atoms with Crippen molar-refractivity contribution in [1.29, 1.82) is 5.26 Å². The van der Waals surface area contributed by atoms with Crippen LogP contribution in [-0.2, 0) is 0 Å². The fraction of sp³-hybridized carbons (Fsp3) is 0.0870. The number of rotatable bonds is 3. The molecule has 1 heteroatoms. The van der Waals surface area contributed by atoms with Crippen LogP contribution in [0.1, 0.15) is 27.8 Å². The van der Waals surface area contributed by atoms with E-state index in [4.69, 9.17) is 0 Å². The zero-order chi connectivity index (χ0) is 16.9. The summed E-state index contributed by atoms with van der Waals surface area (Å²) in [6.45, 7) is 4.19. The quantitative estimate of drug-likeness (QED) is 0.444. The maximum atomic E-state index is 9.91. The van der Waals surface area contributed by atoms with E-state index in [9.17, 15) is 5.26 Å². The summed E-state index contributed by atoms with van der Waals surface area (Å²) in [5, 5.41) is 9.91. The van der Waals surface area contributed by atoms with Crippen LogP contribution in [0.5, 0.6) is 0 Å². The number of hydrogen-bond acceptors (Lipinski definition) is 1. The van der Waals surface area contributed by atoms with Crippen LogP contribution in [0.2, 0.25) is 0 Å². The van der Waals surface area contributed by atoms with Crippen molar-refractivity contribution in [3.8, 4) is 6.07 Å². The van der Waals surface area contributed by atoms with Crippen molar-refractivity contribution in [3.63, 3.8) is 0 Å². The second-order valence-corrected chi connectivity index (χ2v) is 5.91. The third-order valence-electron chi connectivity index (χ3n) is 4.14. The zero-order valence-corrected chi connectivity index (χ0v) is 14.0. The van der Waals surface area contributed by atoms with Gasteiger partial charge in [0.05, 0.1) is 5.57 Å². The van der Waals surface area contributed by atoms with Gasteiger partial charge in [-0.2, -0.15) is 5.26 Å². The Kier molecular flexibility index (Phi) is 4.59. The molecule has 0 spiro atoms. The maximum Gasteiger partial charge on any atom is 0.100 e. The molecule has 0 amide bonds. The fourth-order valence-electron chi connectivity index (χ4n) is 3.00. The molecule has 3 aromatic rings. The van der Waals surface area contributed by atoms with Crippen LogP contribution in [0, 0.1) is 25.2 Å². The number of nitrogens with zero attached hydrogens (tertiary/aromatic N) is 1. The molecular weight excluding hydrogens is 290 g/mol. The van der Waals surface area contributed by atoms with Crippen LogP contribution in [0.25, 0.3) is 11.1 Å². The molecule has 0 fully saturated rings. The van der Waals surface area contributed by atoms with E-state index in [0.29, 0.717) is 5.57 Å². The van der Waals surface area contributed by atoms with Crippen molar-refractivity contribution in [3.05, 3.63) is 107 Å². The standard InChI is InChI=1S/C23H19N/c1-17-13-14-21(18(2)15-17)23(20-11-7-4-8-12-20)22(16-24)19-9-5-3-6-10-19/h3-15H,1-2H3/b23-22+. The summed E-state index contributed by atoms with van der Waals surface area (Å²) in [7, 11) is 0. The van der Waals surface area contributed by atoms with Gasteiger partial charge < -0.3 is 0 Å². The molecule has 0 atom stereocenters. The first-order valence-electron chi connectivity index (χ1n) is 8.03. The van der Waals surface area contributed by atoms with Gasteiger partial charge in [-0.25, -0.2) is 0 Å². The molecule has 3 aromatic carbocycles. The number of aryl methyl sites for hydroxylation is 2. The van der Waals surface area contributed by atoms with Crippen LogP contribution in [0.15, 0.2) is 78.9 Å². The molecule has 0 aromatic heterocycles. The van der Waals surface area contributed by atoms with Crippen molar-refractivity contribution in [1.82, 2.24) is 0 Å². The largest absolute Gasteiger partial charge is 0.192 e. The van der Waals surface area contributed by atoms with Gasteiger partial charge in [0.25, 0.3) is 0 Å². The van der Waals surface area contributed by atoms with Crippen molar-refractivity contribution in [2.24, 2.45) is 0 Å². The monoisotopic (exact) mass is 309 g/mol. The lowest BCUT2D eigenvalue weighted by molar-refractivity contribution is 1.35. The summed E-state index contributed by atoms with van der Waals surface area (Å²) in [6, 6.07) is 28.9. The lowest BCUT2D eigenvalue weighted by atomic mass is 9.87. The van der Waals surface area contributed by atoms with Crippen LogP contribution in [0.3, 0.4) is 0 Å². The molecule has 0 aliphatic carbocycles. The first-order chi connectivity index (χ1) is 11.7. The summed E-state index contributed by atoms with van der Waals surface area (Å²) >= 11 is 0. The SMILES string of the molecule is Cc1ccc(/C(=C(\C#N)c2ccccc2)c2ccccc2)c(C)c1.